The highest BCUT2D eigenvalue weighted by molar-refractivity contribution is 6.30. The lowest BCUT2D eigenvalue weighted by Crippen LogP contribution is -2.46. The lowest BCUT2D eigenvalue weighted by molar-refractivity contribution is 0.0848. The quantitative estimate of drug-likeness (QED) is 0.306. The molecule has 0 spiro atoms. The number of benzene rings is 4. The van der Waals surface area contributed by atoms with Gasteiger partial charge in [-0.1, -0.05) is 90.5 Å². The Bertz CT molecular complexity index is 1380. The number of hydrogen-bond donors (Lipinski definition) is 1. The summed E-state index contributed by atoms with van der Waals surface area (Å²) in [5.74, 6) is -0.267. The van der Waals surface area contributed by atoms with E-state index < -0.39 is 18.2 Å². The first-order chi connectivity index (χ1) is 17.6. The van der Waals surface area contributed by atoms with Gasteiger partial charge in [0.25, 0.3) is 0 Å². The van der Waals surface area contributed by atoms with E-state index in [1.165, 1.54) is 4.90 Å². The summed E-state index contributed by atoms with van der Waals surface area (Å²) in [6.07, 6.45) is -0.793. The van der Waals surface area contributed by atoms with Crippen LogP contribution in [0.4, 0.5) is 16.2 Å². The summed E-state index contributed by atoms with van der Waals surface area (Å²) in [5, 5.41) is 3.43. The number of hydrogen-bond acceptors (Lipinski definition) is 4. The number of carbonyl (C=O) groups is 2. The zero-order valence-electron chi connectivity index (χ0n) is 19.1. The van der Waals surface area contributed by atoms with Crippen LogP contribution in [0.2, 0.25) is 5.02 Å². The zero-order chi connectivity index (χ0) is 24.9. The van der Waals surface area contributed by atoms with Crippen molar-refractivity contribution in [2.75, 3.05) is 5.32 Å². The molecule has 0 saturated carbocycles. The largest absolute Gasteiger partial charge is 0.454 e. The Labute approximate surface area is 213 Å². The SMILES string of the molecule is O=C(c1ccccc1)[C@@H]1[C@@H](c2ccc(Cl)cc2)OC(=Nc2ccccc2)N1C(=O)Nc1ccccc1. The lowest BCUT2D eigenvalue weighted by Gasteiger charge is -2.23. The van der Waals surface area contributed by atoms with Crippen LogP contribution in [0.1, 0.15) is 22.0 Å². The maximum atomic E-state index is 13.9. The monoisotopic (exact) mass is 495 g/mol. The van der Waals surface area contributed by atoms with Crippen LogP contribution in [0.3, 0.4) is 0 Å². The minimum absolute atomic E-state index is 0.0314. The first-order valence-electron chi connectivity index (χ1n) is 11.4. The molecule has 2 amide bonds. The number of nitrogens with one attached hydrogen (secondary N) is 1. The predicted molar refractivity (Wildman–Crippen MR) is 141 cm³/mol. The average Bonchev–Trinajstić information content (AvgIpc) is 3.29. The number of rotatable bonds is 5. The fourth-order valence-corrected chi connectivity index (χ4v) is 4.16. The van der Waals surface area contributed by atoms with Gasteiger partial charge in [0.15, 0.2) is 11.9 Å². The molecule has 4 aromatic rings. The highest BCUT2D eigenvalue weighted by atomic mass is 35.5. The molecule has 0 unspecified atom stereocenters. The predicted octanol–water partition coefficient (Wildman–Crippen LogP) is 6.88. The minimum atomic E-state index is -1.00. The van der Waals surface area contributed by atoms with Crippen molar-refractivity contribution < 1.29 is 14.3 Å². The molecule has 5 rings (SSSR count). The molecule has 178 valence electrons. The maximum absolute atomic E-state index is 13.9. The fraction of sp³-hybridized carbons (Fsp3) is 0.0690. The molecule has 0 aromatic heterocycles. The lowest BCUT2D eigenvalue weighted by atomic mass is 9.94. The molecule has 1 heterocycles. The summed E-state index contributed by atoms with van der Waals surface area (Å²) < 4.78 is 6.27. The molecule has 0 radical (unpaired) electrons. The van der Waals surface area contributed by atoms with Gasteiger partial charge in [-0.2, -0.15) is 4.99 Å². The second-order valence-corrected chi connectivity index (χ2v) is 8.60. The van der Waals surface area contributed by atoms with Gasteiger partial charge in [-0.05, 0) is 42.0 Å². The molecule has 0 bridgehead atoms. The van der Waals surface area contributed by atoms with E-state index in [0.717, 1.165) is 0 Å². The Morgan fingerprint density at radius 1 is 0.778 bits per heavy atom. The van der Waals surface area contributed by atoms with Crippen molar-refractivity contribution in [3.63, 3.8) is 0 Å². The number of amides is 2. The number of para-hydroxylation sites is 2. The van der Waals surface area contributed by atoms with Crippen molar-refractivity contribution in [3.05, 3.63) is 131 Å². The number of aliphatic imine (C=N–C) groups is 1. The van der Waals surface area contributed by atoms with Crippen molar-refractivity contribution in [1.29, 1.82) is 0 Å². The van der Waals surface area contributed by atoms with Crippen LogP contribution in [-0.4, -0.2) is 28.8 Å². The van der Waals surface area contributed by atoms with Gasteiger partial charge in [0, 0.05) is 16.3 Å². The van der Waals surface area contributed by atoms with Crippen molar-refractivity contribution in [2.24, 2.45) is 4.99 Å². The molecule has 1 fully saturated rings. The summed E-state index contributed by atoms with van der Waals surface area (Å²) in [5.41, 5.74) is 2.34. The number of anilines is 1. The maximum Gasteiger partial charge on any atom is 0.330 e. The topological polar surface area (TPSA) is 71.0 Å². The molecule has 6 nitrogen and oxygen atoms in total. The number of nitrogens with zero attached hydrogens (tertiary/aromatic N) is 2. The number of ketones is 1. The second-order valence-electron chi connectivity index (χ2n) is 8.16. The van der Waals surface area contributed by atoms with E-state index in [0.29, 0.717) is 27.5 Å². The third-order valence-electron chi connectivity index (χ3n) is 5.75. The number of halogens is 1. The molecule has 1 aliphatic heterocycles. The Balaban J connectivity index is 1.62. The highest BCUT2D eigenvalue weighted by Crippen LogP contribution is 2.36. The van der Waals surface area contributed by atoms with Crippen LogP contribution >= 0.6 is 11.6 Å². The number of urea groups is 1. The fourth-order valence-electron chi connectivity index (χ4n) is 4.03. The van der Waals surface area contributed by atoms with Gasteiger partial charge in [0.1, 0.15) is 6.04 Å². The zero-order valence-corrected chi connectivity index (χ0v) is 19.9. The van der Waals surface area contributed by atoms with E-state index >= 15 is 0 Å². The highest BCUT2D eigenvalue weighted by Gasteiger charge is 2.49. The van der Waals surface area contributed by atoms with Gasteiger partial charge in [-0.3, -0.25) is 4.79 Å². The third kappa shape index (κ3) is 4.99. The van der Waals surface area contributed by atoms with Gasteiger partial charge < -0.3 is 10.1 Å². The molecule has 0 aliphatic carbocycles. The normalized spacial score (nSPS) is 18.0. The van der Waals surface area contributed by atoms with Crippen molar-refractivity contribution in [1.82, 2.24) is 4.90 Å². The van der Waals surface area contributed by atoms with Crippen molar-refractivity contribution in [2.45, 2.75) is 12.1 Å². The first-order valence-corrected chi connectivity index (χ1v) is 11.8. The first kappa shape index (κ1) is 23.3. The van der Waals surface area contributed by atoms with Crippen molar-refractivity contribution >= 4 is 40.8 Å². The Kier molecular flexibility index (Phi) is 6.78. The van der Waals surface area contributed by atoms with E-state index in [4.69, 9.17) is 16.3 Å². The number of Topliss-reactive ketones (excluding diaryl/α,β-unsaturated/α-hetero) is 1. The van der Waals surface area contributed by atoms with Crippen LogP contribution in [0.25, 0.3) is 0 Å². The summed E-state index contributed by atoms with van der Waals surface area (Å²) >= 11 is 6.11. The van der Waals surface area contributed by atoms with E-state index in [1.54, 1.807) is 72.8 Å². The molecule has 2 atom stereocenters. The van der Waals surface area contributed by atoms with E-state index in [-0.39, 0.29) is 11.8 Å². The minimum Gasteiger partial charge on any atom is -0.454 e. The number of carbonyl (C=O) groups excluding carboxylic acids is 2. The molecule has 7 heteroatoms. The molecular weight excluding hydrogens is 474 g/mol. The summed E-state index contributed by atoms with van der Waals surface area (Å²) in [6, 6.07) is 32.6. The summed E-state index contributed by atoms with van der Waals surface area (Å²) in [7, 11) is 0. The van der Waals surface area contributed by atoms with Gasteiger partial charge in [0.05, 0.1) is 5.69 Å². The molecule has 1 aliphatic rings. The smallest absolute Gasteiger partial charge is 0.330 e. The van der Waals surface area contributed by atoms with Crippen LogP contribution in [0, 0.1) is 0 Å². The molecular formula is C29H22ClN3O3. The molecule has 1 N–H and O–H groups in total. The van der Waals surface area contributed by atoms with Crippen LogP contribution in [0.15, 0.2) is 120 Å². The van der Waals surface area contributed by atoms with Gasteiger partial charge in [-0.15, -0.1) is 0 Å². The Morgan fingerprint density at radius 3 is 2.00 bits per heavy atom. The summed E-state index contributed by atoms with van der Waals surface area (Å²) in [6.45, 7) is 0. The van der Waals surface area contributed by atoms with Crippen LogP contribution in [0.5, 0.6) is 0 Å². The van der Waals surface area contributed by atoms with Crippen molar-refractivity contribution in [3.8, 4) is 0 Å². The summed E-state index contributed by atoms with van der Waals surface area (Å²) in [4.78, 5) is 33.5. The molecule has 36 heavy (non-hydrogen) atoms. The Morgan fingerprint density at radius 2 is 1.36 bits per heavy atom. The van der Waals surface area contributed by atoms with E-state index in [2.05, 4.69) is 10.3 Å². The Hall–Kier alpha value is -4.42. The van der Waals surface area contributed by atoms with E-state index in [9.17, 15) is 9.59 Å². The standard InChI is InChI=1S/C29H22ClN3O3/c30-22-18-16-21(17-19-22)27-25(26(34)20-10-4-1-5-11-20)33(28(35)31-23-12-6-2-7-13-23)29(36-27)32-24-14-8-3-9-15-24/h1-19,25,27H,(H,31,35)/t25-,27-/m1/s1. The third-order valence-corrected chi connectivity index (χ3v) is 6.01. The number of amidine groups is 1. The van der Waals surface area contributed by atoms with Gasteiger partial charge >= 0.3 is 12.1 Å². The van der Waals surface area contributed by atoms with Gasteiger partial charge in [-0.25, -0.2) is 9.69 Å². The molecule has 1 saturated heterocycles. The molecule has 4 aromatic carbocycles. The van der Waals surface area contributed by atoms with Gasteiger partial charge in [0.2, 0.25) is 0 Å². The van der Waals surface area contributed by atoms with Crippen LogP contribution < -0.4 is 5.32 Å². The van der Waals surface area contributed by atoms with Crippen LogP contribution in [-0.2, 0) is 4.74 Å². The second kappa shape index (κ2) is 10.5. The number of ether oxygens (including phenoxy) is 1. The van der Waals surface area contributed by atoms with E-state index in [1.807, 2.05) is 42.5 Å². The average molecular weight is 496 g/mol.